The minimum absolute atomic E-state index is 0.0547. The van der Waals surface area contributed by atoms with Crippen LogP contribution in [0.5, 0.6) is 0 Å². The van der Waals surface area contributed by atoms with Crippen molar-refractivity contribution in [2.75, 3.05) is 26.2 Å². The summed E-state index contributed by atoms with van der Waals surface area (Å²) >= 11 is 0. The van der Waals surface area contributed by atoms with E-state index in [-0.39, 0.29) is 37.7 Å². The highest BCUT2D eigenvalue weighted by atomic mass is 32.2. The van der Waals surface area contributed by atoms with Gasteiger partial charge < -0.3 is 5.11 Å². The first kappa shape index (κ1) is 26.9. The molecule has 0 spiro atoms. The predicted molar refractivity (Wildman–Crippen MR) is 137 cm³/mol. The summed E-state index contributed by atoms with van der Waals surface area (Å²) in [5.41, 5.74) is 2.85. The number of hydrogen-bond donors (Lipinski definition) is 1. The van der Waals surface area contributed by atoms with Crippen LogP contribution in [0.2, 0.25) is 0 Å². The maximum atomic E-state index is 13.7. The minimum Gasteiger partial charge on any atom is -0.395 e. The molecule has 0 radical (unpaired) electrons. The first-order valence-electron chi connectivity index (χ1n) is 12.7. The van der Waals surface area contributed by atoms with Crippen LogP contribution in [0, 0.1) is 6.92 Å². The zero-order chi connectivity index (χ0) is 27.2. The standard InChI is InChI=1S/C27H31F3N4O3S/c1-18-21(15-31-32(18)2)19-9-11-20(12-10-19)26-23-16-33(13-5-6-14-34(23)24(26)17-35)38(36,37)25-8-4-3-7-22(25)27(28,29)30/h3-4,7-12,15,23-24,26,35H,5-6,13-14,16-17H2,1-2H3/t23?,24-,26+/m1/s1. The summed E-state index contributed by atoms with van der Waals surface area (Å²) in [5.74, 6) is -0.155. The topological polar surface area (TPSA) is 78.7 Å². The van der Waals surface area contributed by atoms with Gasteiger partial charge in [-0.3, -0.25) is 9.58 Å². The third kappa shape index (κ3) is 4.66. The molecule has 1 N–H and O–H groups in total. The van der Waals surface area contributed by atoms with E-state index in [0.29, 0.717) is 19.4 Å². The zero-order valence-corrected chi connectivity index (χ0v) is 22.1. The van der Waals surface area contributed by atoms with Gasteiger partial charge in [0.2, 0.25) is 10.0 Å². The van der Waals surface area contributed by atoms with Gasteiger partial charge in [-0.15, -0.1) is 0 Å². The first-order valence-corrected chi connectivity index (χ1v) is 14.1. The average Bonchev–Trinajstić information content (AvgIpc) is 3.20. The molecule has 3 atom stereocenters. The molecule has 1 aromatic heterocycles. The SMILES string of the molecule is Cc1c(-c2ccc([C@H]3C4CN(S(=O)(=O)c5ccccc5C(F)(F)F)CCCCN4[C@@H]3CO)cc2)cnn1C. The number of sulfonamides is 1. The lowest BCUT2D eigenvalue weighted by atomic mass is 9.74. The number of aromatic nitrogens is 2. The lowest BCUT2D eigenvalue weighted by molar-refractivity contribution is -0.139. The largest absolute Gasteiger partial charge is 0.417 e. The Hall–Kier alpha value is -2.73. The number of fused-ring (bicyclic) bond motifs is 1. The monoisotopic (exact) mass is 548 g/mol. The molecule has 0 bridgehead atoms. The molecule has 1 unspecified atom stereocenters. The normalized spacial score (nSPS) is 23.4. The highest BCUT2D eigenvalue weighted by Gasteiger charge is 2.50. The summed E-state index contributed by atoms with van der Waals surface area (Å²) in [6, 6.07) is 11.9. The van der Waals surface area contributed by atoms with Crippen molar-refractivity contribution in [3.63, 3.8) is 0 Å². The Labute approximate surface area is 220 Å². The van der Waals surface area contributed by atoms with Crippen molar-refractivity contribution < 1.29 is 26.7 Å². The Morgan fingerprint density at radius 2 is 1.74 bits per heavy atom. The van der Waals surface area contributed by atoms with Gasteiger partial charge in [-0.1, -0.05) is 36.4 Å². The molecule has 5 rings (SSSR count). The number of aliphatic hydroxyl groups excluding tert-OH is 1. The second-order valence-corrected chi connectivity index (χ2v) is 11.9. The number of aliphatic hydroxyl groups is 1. The van der Waals surface area contributed by atoms with E-state index in [0.717, 1.165) is 34.5 Å². The Kier molecular flexibility index (Phi) is 7.14. The van der Waals surface area contributed by atoms with E-state index >= 15 is 0 Å². The molecular formula is C27H31F3N4O3S. The molecule has 38 heavy (non-hydrogen) atoms. The fourth-order valence-corrected chi connectivity index (χ4v) is 7.57. The van der Waals surface area contributed by atoms with Crippen LogP contribution in [-0.2, 0) is 23.2 Å². The highest BCUT2D eigenvalue weighted by molar-refractivity contribution is 7.89. The number of alkyl halides is 3. The van der Waals surface area contributed by atoms with Crippen molar-refractivity contribution in [2.45, 2.75) is 48.8 Å². The van der Waals surface area contributed by atoms with Gasteiger partial charge in [0, 0.05) is 49.4 Å². The average molecular weight is 549 g/mol. The molecular weight excluding hydrogens is 517 g/mol. The number of aryl methyl sites for hydroxylation is 1. The number of hydrogen-bond acceptors (Lipinski definition) is 5. The molecule has 204 valence electrons. The highest BCUT2D eigenvalue weighted by Crippen LogP contribution is 2.43. The molecule has 2 saturated heterocycles. The molecule has 0 amide bonds. The van der Waals surface area contributed by atoms with E-state index in [4.69, 9.17) is 0 Å². The maximum absolute atomic E-state index is 13.7. The third-order valence-electron chi connectivity index (χ3n) is 7.98. The summed E-state index contributed by atoms with van der Waals surface area (Å²) in [6.07, 6.45) is -1.76. The number of rotatable bonds is 5. The molecule has 0 saturated carbocycles. The van der Waals surface area contributed by atoms with Crippen LogP contribution < -0.4 is 0 Å². The Morgan fingerprint density at radius 1 is 1.05 bits per heavy atom. The Bertz CT molecular complexity index is 1410. The summed E-state index contributed by atoms with van der Waals surface area (Å²) in [4.78, 5) is 1.38. The summed E-state index contributed by atoms with van der Waals surface area (Å²) < 4.78 is 71.2. The van der Waals surface area contributed by atoms with Gasteiger partial charge in [-0.05, 0) is 49.6 Å². The van der Waals surface area contributed by atoms with E-state index in [1.807, 2.05) is 44.4 Å². The zero-order valence-electron chi connectivity index (χ0n) is 21.3. The van der Waals surface area contributed by atoms with Crippen molar-refractivity contribution in [3.05, 3.63) is 71.5 Å². The Morgan fingerprint density at radius 3 is 2.37 bits per heavy atom. The van der Waals surface area contributed by atoms with Gasteiger partial charge in [-0.25, -0.2) is 8.42 Å². The van der Waals surface area contributed by atoms with E-state index in [9.17, 15) is 26.7 Å². The van der Waals surface area contributed by atoms with Crippen molar-refractivity contribution in [1.29, 1.82) is 0 Å². The van der Waals surface area contributed by atoms with Gasteiger partial charge >= 0.3 is 6.18 Å². The fraction of sp³-hybridized carbons (Fsp3) is 0.444. The van der Waals surface area contributed by atoms with E-state index < -0.39 is 26.7 Å². The number of halogens is 3. The summed E-state index contributed by atoms with van der Waals surface area (Å²) in [6.45, 7) is 2.80. The van der Waals surface area contributed by atoms with Gasteiger partial charge in [0.1, 0.15) is 0 Å². The molecule has 2 aromatic carbocycles. The predicted octanol–water partition coefficient (Wildman–Crippen LogP) is 4.03. The quantitative estimate of drug-likeness (QED) is 0.521. The van der Waals surface area contributed by atoms with E-state index in [1.165, 1.54) is 16.4 Å². The summed E-state index contributed by atoms with van der Waals surface area (Å²) in [7, 11) is -2.52. The van der Waals surface area contributed by atoms with Gasteiger partial charge in [0.25, 0.3) is 0 Å². The van der Waals surface area contributed by atoms with E-state index in [1.54, 1.807) is 4.68 Å². The van der Waals surface area contributed by atoms with Crippen LogP contribution in [0.15, 0.2) is 59.6 Å². The number of benzene rings is 2. The van der Waals surface area contributed by atoms with Crippen molar-refractivity contribution in [1.82, 2.24) is 19.0 Å². The van der Waals surface area contributed by atoms with Crippen LogP contribution in [0.25, 0.3) is 11.1 Å². The Balaban J connectivity index is 1.46. The lowest BCUT2D eigenvalue weighted by Gasteiger charge is -2.57. The van der Waals surface area contributed by atoms with Crippen LogP contribution >= 0.6 is 0 Å². The molecule has 3 heterocycles. The molecule has 0 aliphatic carbocycles. The molecule has 7 nitrogen and oxygen atoms in total. The van der Waals surface area contributed by atoms with Gasteiger partial charge in [-0.2, -0.15) is 22.6 Å². The molecule has 3 aromatic rings. The smallest absolute Gasteiger partial charge is 0.395 e. The van der Waals surface area contributed by atoms with Crippen molar-refractivity contribution in [2.24, 2.45) is 7.05 Å². The molecule has 2 aliphatic heterocycles. The van der Waals surface area contributed by atoms with Crippen molar-refractivity contribution in [3.8, 4) is 11.1 Å². The van der Waals surface area contributed by atoms with Crippen LogP contribution in [0.4, 0.5) is 13.2 Å². The second-order valence-electron chi connectivity index (χ2n) is 10.0. The third-order valence-corrected chi connectivity index (χ3v) is 9.91. The number of nitrogens with zero attached hydrogens (tertiary/aromatic N) is 4. The maximum Gasteiger partial charge on any atom is 0.417 e. The van der Waals surface area contributed by atoms with Gasteiger partial charge in [0.05, 0.1) is 23.3 Å². The van der Waals surface area contributed by atoms with Crippen LogP contribution in [0.1, 0.15) is 35.6 Å². The van der Waals surface area contributed by atoms with Crippen LogP contribution in [0.3, 0.4) is 0 Å². The van der Waals surface area contributed by atoms with E-state index in [2.05, 4.69) is 10.00 Å². The minimum atomic E-state index is -4.78. The molecule has 11 heteroatoms. The second kappa shape index (κ2) is 10.1. The van der Waals surface area contributed by atoms with Gasteiger partial charge in [0.15, 0.2) is 0 Å². The first-order chi connectivity index (χ1) is 18.0. The molecule has 2 aliphatic rings. The van der Waals surface area contributed by atoms with Crippen molar-refractivity contribution >= 4 is 10.0 Å². The molecule has 2 fully saturated rings. The lowest BCUT2D eigenvalue weighted by Crippen LogP contribution is -2.67. The summed E-state index contributed by atoms with van der Waals surface area (Å²) in [5, 5.41) is 14.5. The fourth-order valence-electron chi connectivity index (χ4n) is 5.86. The van der Waals surface area contributed by atoms with Crippen LogP contribution in [-0.4, -0.2) is 70.8 Å².